The van der Waals surface area contributed by atoms with Crippen LogP contribution < -0.4 is 0 Å². The lowest BCUT2D eigenvalue weighted by Crippen LogP contribution is -1.87. The van der Waals surface area contributed by atoms with Gasteiger partial charge < -0.3 is 0 Å². The number of halogens is 1. The Balaban J connectivity index is 0.000000531. The number of hydrogen-bond acceptors (Lipinski definition) is 3. The SMILES string of the molecule is CC.Cc1nccc(-c2sccc2Cl)n1. The molecule has 0 aliphatic heterocycles. The molecule has 2 aromatic rings. The van der Waals surface area contributed by atoms with Gasteiger partial charge in [0.25, 0.3) is 0 Å². The summed E-state index contributed by atoms with van der Waals surface area (Å²) >= 11 is 7.57. The number of aryl methyl sites for hydroxylation is 1. The lowest BCUT2D eigenvalue weighted by atomic mass is 10.3. The van der Waals surface area contributed by atoms with Crippen molar-refractivity contribution in [1.82, 2.24) is 9.97 Å². The Morgan fingerprint density at radius 2 is 2.00 bits per heavy atom. The van der Waals surface area contributed by atoms with Crippen LogP contribution in [-0.2, 0) is 0 Å². The van der Waals surface area contributed by atoms with Crippen molar-refractivity contribution in [3.63, 3.8) is 0 Å². The summed E-state index contributed by atoms with van der Waals surface area (Å²) in [5.74, 6) is 0.766. The molecule has 0 radical (unpaired) electrons. The van der Waals surface area contributed by atoms with E-state index in [0.29, 0.717) is 0 Å². The first-order chi connectivity index (χ1) is 7.27. The van der Waals surface area contributed by atoms with Crippen LogP contribution in [0.3, 0.4) is 0 Å². The second-order valence-corrected chi connectivity index (χ2v) is 3.91. The van der Waals surface area contributed by atoms with E-state index in [1.807, 2.05) is 38.3 Å². The Labute approximate surface area is 99.0 Å². The number of hydrogen-bond donors (Lipinski definition) is 0. The number of nitrogens with zero attached hydrogens (tertiary/aromatic N) is 2. The molecule has 2 heterocycles. The highest BCUT2D eigenvalue weighted by Gasteiger charge is 2.05. The minimum Gasteiger partial charge on any atom is -0.242 e. The molecule has 2 rings (SSSR count). The van der Waals surface area contributed by atoms with Crippen LogP contribution in [0.15, 0.2) is 23.7 Å². The molecule has 0 aliphatic rings. The maximum atomic E-state index is 5.98. The van der Waals surface area contributed by atoms with Crippen LogP contribution in [0.4, 0.5) is 0 Å². The lowest BCUT2D eigenvalue weighted by Gasteiger charge is -1.97. The minimum absolute atomic E-state index is 0.753. The molecule has 15 heavy (non-hydrogen) atoms. The Morgan fingerprint density at radius 3 is 2.53 bits per heavy atom. The molecule has 0 amide bonds. The molecule has 0 unspecified atom stereocenters. The van der Waals surface area contributed by atoms with Crippen LogP contribution in [-0.4, -0.2) is 9.97 Å². The van der Waals surface area contributed by atoms with E-state index >= 15 is 0 Å². The fourth-order valence-corrected chi connectivity index (χ4v) is 2.18. The zero-order valence-corrected chi connectivity index (χ0v) is 10.6. The van der Waals surface area contributed by atoms with Crippen molar-refractivity contribution < 1.29 is 0 Å². The topological polar surface area (TPSA) is 25.8 Å². The van der Waals surface area contributed by atoms with Crippen LogP contribution in [0, 0.1) is 6.92 Å². The van der Waals surface area contributed by atoms with Crippen molar-refractivity contribution >= 4 is 22.9 Å². The summed E-state index contributed by atoms with van der Waals surface area (Å²) < 4.78 is 0. The van der Waals surface area contributed by atoms with Crippen molar-refractivity contribution in [3.8, 4) is 10.6 Å². The molecule has 4 heteroatoms. The zero-order valence-electron chi connectivity index (χ0n) is 8.99. The summed E-state index contributed by atoms with van der Waals surface area (Å²) in [4.78, 5) is 9.33. The van der Waals surface area contributed by atoms with Gasteiger partial charge in [-0.25, -0.2) is 9.97 Å². The Morgan fingerprint density at radius 1 is 1.27 bits per heavy atom. The Kier molecular flexibility index (Phi) is 4.72. The van der Waals surface area contributed by atoms with Gasteiger partial charge in [-0.05, 0) is 24.4 Å². The van der Waals surface area contributed by atoms with Crippen molar-refractivity contribution in [1.29, 1.82) is 0 Å². The van der Waals surface area contributed by atoms with Gasteiger partial charge in [-0.2, -0.15) is 0 Å². The van der Waals surface area contributed by atoms with Crippen LogP contribution >= 0.6 is 22.9 Å². The summed E-state index contributed by atoms with van der Waals surface area (Å²) in [5, 5.41) is 2.71. The Bertz CT molecular complexity index is 426. The predicted molar refractivity (Wildman–Crippen MR) is 66.4 cm³/mol. The third-order valence-electron chi connectivity index (χ3n) is 1.63. The third kappa shape index (κ3) is 3.01. The molecule has 0 N–H and O–H groups in total. The summed E-state index contributed by atoms with van der Waals surface area (Å²) in [7, 11) is 0. The average Bonchev–Trinajstić information content (AvgIpc) is 2.67. The van der Waals surface area contributed by atoms with E-state index in [1.165, 1.54) is 0 Å². The fourth-order valence-electron chi connectivity index (χ4n) is 1.06. The molecule has 2 aromatic heterocycles. The molecule has 0 spiro atoms. The summed E-state index contributed by atoms with van der Waals surface area (Å²) in [6, 6.07) is 3.74. The van der Waals surface area contributed by atoms with Gasteiger partial charge in [0.2, 0.25) is 0 Å². The number of rotatable bonds is 1. The number of thiophene rings is 1. The molecule has 0 saturated heterocycles. The molecule has 80 valence electrons. The Hall–Kier alpha value is -0.930. The van der Waals surface area contributed by atoms with Crippen LogP contribution in [0.5, 0.6) is 0 Å². The molecule has 0 fully saturated rings. The van der Waals surface area contributed by atoms with Gasteiger partial charge in [0.1, 0.15) is 5.82 Å². The van der Waals surface area contributed by atoms with Gasteiger partial charge in [-0.3, -0.25) is 0 Å². The summed E-state index contributed by atoms with van der Waals surface area (Å²) in [5.41, 5.74) is 0.896. The highest BCUT2D eigenvalue weighted by atomic mass is 35.5. The fraction of sp³-hybridized carbons (Fsp3) is 0.273. The molecule has 0 aromatic carbocycles. The van der Waals surface area contributed by atoms with Crippen LogP contribution in [0.2, 0.25) is 5.02 Å². The van der Waals surface area contributed by atoms with Gasteiger partial charge in [0.05, 0.1) is 15.6 Å². The van der Waals surface area contributed by atoms with E-state index in [-0.39, 0.29) is 0 Å². The van der Waals surface area contributed by atoms with Crippen molar-refractivity contribution in [3.05, 3.63) is 34.6 Å². The van der Waals surface area contributed by atoms with Crippen LogP contribution in [0.1, 0.15) is 19.7 Å². The van der Waals surface area contributed by atoms with Crippen molar-refractivity contribution in [2.45, 2.75) is 20.8 Å². The molecule has 0 bridgehead atoms. The zero-order chi connectivity index (χ0) is 11.3. The van der Waals surface area contributed by atoms with Crippen molar-refractivity contribution in [2.24, 2.45) is 0 Å². The maximum absolute atomic E-state index is 5.98. The first-order valence-corrected chi connectivity index (χ1v) is 6.06. The second kappa shape index (κ2) is 5.83. The van der Waals surface area contributed by atoms with E-state index in [4.69, 9.17) is 11.6 Å². The quantitative estimate of drug-likeness (QED) is 0.747. The van der Waals surface area contributed by atoms with E-state index in [0.717, 1.165) is 21.4 Å². The van der Waals surface area contributed by atoms with Crippen molar-refractivity contribution in [2.75, 3.05) is 0 Å². The number of aromatic nitrogens is 2. The standard InChI is InChI=1S/C9H7ClN2S.C2H6/c1-6-11-4-2-8(12-6)9-7(10)3-5-13-9;1-2/h2-5H,1H3;1-2H3. The monoisotopic (exact) mass is 240 g/mol. The molecule has 2 nitrogen and oxygen atoms in total. The van der Waals surface area contributed by atoms with Crippen LogP contribution in [0.25, 0.3) is 10.6 Å². The highest BCUT2D eigenvalue weighted by molar-refractivity contribution is 7.14. The van der Waals surface area contributed by atoms with Gasteiger partial charge in [0, 0.05) is 6.20 Å². The highest BCUT2D eigenvalue weighted by Crippen LogP contribution is 2.31. The van der Waals surface area contributed by atoms with E-state index < -0.39 is 0 Å². The average molecular weight is 241 g/mol. The molecular weight excluding hydrogens is 228 g/mol. The molecule has 0 saturated carbocycles. The summed E-state index contributed by atoms with van der Waals surface area (Å²) in [6.45, 7) is 5.87. The minimum atomic E-state index is 0.753. The molecule has 0 atom stereocenters. The lowest BCUT2D eigenvalue weighted by molar-refractivity contribution is 1.06. The smallest absolute Gasteiger partial charge is 0.125 e. The molecular formula is C11H13ClN2S. The normalized spacial score (nSPS) is 9.33. The van der Waals surface area contributed by atoms with Gasteiger partial charge in [-0.15, -0.1) is 11.3 Å². The van der Waals surface area contributed by atoms with E-state index in [2.05, 4.69) is 9.97 Å². The maximum Gasteiger partial charge on any atom is 0.125 e. The van der Waals surface area contributed by atoms with Gasteiger partial charge in [-0.1, -0.05) is 25.4 Å². The second-order valence-electron chi connectivity index (χ2n) is 2.59. The molecule has 0 aliphatic carbocycles. The largest absolute Gasteiger partial charge is 0.242 e. The summed E-state index contributed by atoms with van der Waals surface area (Å²) in [6.07, 6.45) is 1.74. The first kappa shape index (κ1) is 12.1. The van der Waals surface area contributed by atoms with Gasteiger partial charge >= 0.3 is 0 Å². The third-order valence-corrected chi connectivity index (χ3v) is 2.99. The first-order valence-electron chi connectivity index (χ1n) is 4.80. The van der Waals surface area contributed by atoms with E-state index in [1.54, 1.807) is 17.5 Å². The van der Waals surface area contributed by atoms with E-state index in [9.17, 15) is 0 Å². The van der Waals surface area contributed by atoms with Gasteiger partial charge in [0.15, 0.2) is 0 Å². The predicted octanol–water partition coefficient (Wildman–Crippen LogP) is 4.19.